The summed E-state index contributed by atoms with van der Waals surface area (Å²) in [6.07, 6.45) is 1.11. The number of carbonyl (C=O) groups excluding carboxylic acids is 4. The first-order valence-corrected chi connectivity index (χ1v) is 25.1. The van der Waals surface area contributed by atoms with Gasteiger partial charge in [0, 0.05) is 50.9 Å². The maximum absolute atomic E-state index is 13.7. The van der Waals surface area contributed by atoms with Gasteiger partial charge < -0.3 is 76.7 Å². The monoisotopic (exact) mass is 1070 g/mol. The number of carbonyl (C=O) groups is 4. The number of anilines is 1. The number of hydrogen-bond donors (Lipinski definition) is 2. The normalized spacial score (nSPS) is 12.7. The van der Waals surface area contributed by atoms with Gasteiger partial charge in [0.15, 0.2) is 0 Å². The molecule has 0 saturated carbocycles. The summed E-state index contributed by atoms with van der Waals surface area (Å²) in [5.41, 5.74) is 6.40. The molecule has 0 spiro atoms. The van der Waals surface area contributed by atoms with Crippen LogP contribution in [0.1, 0.15) is 49.7 Å². The van der Waals surface area contributed by atoms with Crippen molar-refractivity contribution in [2.75, 3.05) is 178 Å². The molecular weight excluding hydrogens is 991 g/mol. The second-order valence-corrected chi connectivity index (χ2v) is 16.5. The molecule has 0 aliphatic carbocycles. The number of fused-ring (bicyclic) bond motifs is 1. The lowest BCUT2D eigenvalue weighted by atomic mass is 10.0. The van der Waals surface area contributed by atoms with Gasteiger partial charge in [-0.2, -0.15) is 0 Å². The summed E-state index contributed by atoms with van der Waals surface area (Å²) >= 11 is 0.649. The third-order valence-electron chi connectivity index (χ3n) is 10.4. The van der Waals surface area contributed by atoms with Crippen LogP contribution in [0.2, 0.25) is 0 Å². The summed E-state index contributed by atoms with van der Waals surface area (Å²) in [5, 5.41) is 13.3. The van der Waals surface area contributed by atoms with Crippen LogP contribution in [-0.2, 0) is 96.7 Å². The standard InChI is InChI=1S/C47H75N3O22S/c1-37-38-34-42(73-72-71-56)40(48)36-41(38)69-47(55)39(37)35-45(53)49(9-5-3-4-6-46(54)70-50-43(51)7-8-44(50)52)10-11-58-14-15-60-18-19-62-22-23-64-26-27-66-30-31-68-33-32-67-29-28-65-25-24-63-21-20-61-17-16-59-13-12-57-2/h34,36,56H,3-33,35,48H2,1-2H3. The van der Waals surface area contributed by atoms with Gasteiger partial charge in [-0.1, -0.05) is 11.5 Å². The fraction of sp³-hybridized carbons (Fsp3) is 0.723. The quantitative estimate of drug-likeness (QED) is 0.0183. The molecule has 2 aromatic rings. The van der Waals surface area contributed by atoms with E-state index in [9.17, 15) is 24.0 Å². The number of nitrogen functional groups attached to an aromatic ring is 1. The second-order valence-electron chi connectivity index (χ2n) is 15.7. The SMILES string of the molecule is COCCOCCOCCOCCOCCOCCOCCOCCOCCOCCOCCOCCN(CCCCCC(=O)ON1C(=O)CCC1=O)C(=O)Cc1c(C)c2cc(SOOO)c(N)cc2oc1=O. The Balaban J connectivity index is 1.19. The van der Waals surface area contributed by atoms with E-state index in [0.29, 0.717) is 191 Å². The molecule has 1 aliphatic rings. The molecule has 73 heavy (non-hydrogen) atoms. The smallest absolute Gasteiger partial charge is 0.340 e. The lowest BCUT2D eigenvalue weighted by molar-refractivity contribution is -0.432. The number of imide groups is 1. The van der Waals surface area contributed by atoms with Crippen LogP contribution in [0.5, 0.6) is 0 Å². The highest BCUT2D eigenvalue weighted by Gasteiger charge is 2.32. The van der Waals surface area contributed by atoms with Gasteiger partial charge in [-0.25, -0.2) is 14.8 Å². The van der Waals surface area contributed by atoms with E-state index in [0.717, 1.165) is 0 Å². The van der Waals surface area contributed by atoms with Crippen molar-refractivity contribution in [2.24, 2.45) is 0 Å². The number of methoxy groups -OCH3 is 1. The first-order chi connectivity index (χ1) is 35.7. The average Bonchev–Trinajstić information content (AvgIpc) is 3.69. The Kier molecular flexibility index (Phi) is 35.9. The molecule has 3 rings (SSSR count). The molecule has 2 heterocycles. The van der Waals surface area contributed by atoms with Crippen molar-refractivity contribution >= 4 is 52.4 Å². The highest BCUT2D eigenvalue weighted by Crippen LogP contribution is 2.32. The first kappa shape index (κ1) is 63.4. The number of ether oxygens (including phenoxy) is 12. The molecule has 3 amide bonds. The maximum Gasteiger partial charge on any atom is 0.340 e. The predicted molar refractivity (Wildman–Crippen MR) is 259 cm³/mol. The fourth-order valence-corrected chi connectivity index (χ4v) is 6.98. The number of benzene rings is 1. The molecule has 26 heteroatoms. The summed E-state index contributed by atoms with van der Waals surface area (Å²) in [5.74, 6) is -2.16. The number of nitrogens with two attached hydrogens (primary N) is 1. The van der Waals surface area contributed by atoms with Crippen LogP contribution in [0.3, 0.4) is 0 Å². The van der Waals surface area contributed by atoms with Crippen LogP contribution in [0.15, 0.2) is 26.2 Å². The molecule has 1 saturated heterocycles. The lowest BCUT2D eigenvalue weighted by Gasteiger charge is -2.23. The van der Waals surface area contributed by atoms with E-state index in [2.05, 4.69) is 9.37 Å². The zero-order valence-corrected chi connectivity index (χ0v) is 43.0. The number of hydrogen-bond acceptors (Lipinski definition) is 24. The molecule has 416 valence electrons. The van der Waals surface area contributed by atoms with Crippen molar-refractivity contribution in [2.45, 2.75) is 56.8 Å². The fourth-order valence-electron chi connectivity index (χ4n) is 6.56. The minimum atomic E-state index is -0.701. The number of hydroxylamine groups is 2. The lowest BCUT2D eigenvalue weighted by Crippen LogP contribution is -2.37. The van der Waals surface area contributed by atoms with E-state index in [-0.39, 0.29) is 74.7 Å². The minimum absolute atomic E-state index is 0.00250. The van der Waals surface area contributed by atoms with Crippen LogP contribution in [0.25, 0.3) is 11.0 Å². The van der Waals surface area contributed by atoms with Crippen LogP contribution >= 0.6 is 12.0 Å². The van der Waals surface area contributed by atoms with Crippen molar-refractivity contribution in [1.29, 1.82) is 0 Å². The largest absolute Gasteiger partial charge is 0.422 e. The molecule has 1 fully saturated rings. The third kappa shape index (κ3) is 28.5. The number of unbranched alkanes of at least 4 members (excludes halogenated alkanes) is 2. The zero-order chi connectivity index (χ0) is 52.6. The van der Waals surface area contributed by atoms with Crippen molar-refractivity contribution < 1.29 is 99.9 Å². The van der Waals surface area contributed by atoms with Gasteiger partial charge in [-0.05, 0) is 31.4 Å². The van der Waals surface area contributed by atoms with E-state index in [1.807, 2.05) is 0 Å². The Hall–Kier alpha value is -3.94. The van der Waals surface area contributed by atoms with E-state index < -0.39 is 23.4 Å². The Labute approximate surface area is 429 Å². The Morgan fingerprint density at radius 3 is 1.51 bits per heavy atom. The van der Waals surface area contributed by atoms with Crippen molar-refractivity contribution in [1.82, 2.24) is 9.96 Å². The van der Waals surface area contributed by atoms with Gasteiger partial charge in [-0.15, -0.1) is 9.40 Å². The van der Waals surface area contributed by atoms with E-state index in [4.69, 9.17) is 77.1 Å². The highest BCUT2D eigenvalue weighted by molar-refractivity contribution is 7.94. The molecule has 0 bridgehead atoms. The van der Waals surface area contributed by atoms with Gasteiger partial charge in [0.2, 0.25) is 5.91 Å². The maximum atomic E-state index is 13.7. The molecule has 0 radical (unpaired) electrons. The van der Waals surface area contributed by atoms with E-state index in [1.54, 1.807) is 25.0 Å². The average molecular weight is 1070 g/mol. The zero-order valence-electron chi connectivity index (χ0n) is 42.2. The molecule has 0 unspecified atom stereocenters. The van der Waals surface area contributed by atoms with Gasteiger partial charge in [0.25, 0.3) is 11.8 Å². The van der Waals surface area contributed by atoms with Crippen LogP contribution in [0.4, 0.5) is 5.69 Å². The van der Waals surface area contributed by atoms with Gasteiger partial charge in [0.1, 0.15) is 5.58 Å². The van der Waals surface area contributed by atoms with Crippen molar-refractivity contribution in [3.63, 3.8) is 0 Å². The topological polar surface area (TPSA) is 290 Å². The summed E-state index contributed by atoms with van der Waals surface area (Å²) in [6, 6.07) is 3.03. The summed E-state index contributed by atoms with van der Waals surface area (Å²) < 4.78 is 75.5. The van der Waals surface area contributed by atoms with Gasteiger partial charge in [-0.3, -0.25) is 14.4 Å². The third-order valence-corrected chi connectivity index (χ3v) is 11.1. The first-order valence-electron chi connectivity index (χ1n) is 24.3. The summed E-state index contributed by atoms with van der Waals surface area (Å²) in [7, 11) is 1.63. The van der Waals surface area contributed by atoms with Crippen LogP contribution in [0, 0.1) is 6.92 Å². The van der Waals surface area contributed by atoms with Crippen molar-refractivity contribution in [3.05, 3.63) is 33.7 Å². The summed E-state index contributed by atoms with van der Waals surface area (Å²) in [6.45, 7) is 12.2. The predicted octanol–water partition coefficient (Wildman–Crippen LogP) is 2.48. The number of rotatable bonds is 48. The Morgan fingerprint density at radius 1 is 0.630 bits per heavy atom. The van der Waals surface area contributed by atoms with Gasteiger partial charge in [0.05, 0.1) is 187 Å². The molecule has 1 aromatic carbocycles. The van der Waals surface area contributed by atoms with E-state index in [1.165, 1.54) is 6.07 Å². The number of aryl methyl sites for hydroxylation is 1. The molecule has 1 aliphatic heterocycles. The number of nitrogens with zero attached hydrogens (tertiary/aromatic N) is 2. The van der Waals surface area contributed by atoms with Crippen molar-refractivity contribution in [3.8, 4) is 0 Å². The van der Waals surface area contributed by atoms with Crippen LogP contribution < -0.4 is 11.4 Å². The van der Waals surface area contributed by atoms with Gasteiger partial charge >= 0.3 is 11.6 Å². The molecule has 3 N–H and O–H groups in total. The highest BCUT2D eigenvalue weighted by atomic mass is 32.2. The molecule has 0 atom stereocenters. The van der Waals surface area contributed by atoms with Crippen LogP contribution in [-0.4, -0.2) is 211 Å². The van der Waals surface area contributed by atoms with E-state index >= 15 is 0 Å². The molecular formula is C47H75N3O22S. The summed E-state index contributed by atoms with van der Waals surface area (Å²) in [4.78, 5) is 69.5. The Morgan fingerprint density at radius 2 is 1.07 bits per heavy atom. The second kappa shape index (κ2) is 41.3. The Bertz CT molecular complexity index is 1880. The number of amides is 3. The molecule has 25 nitrogen and oxygen atoms in total. The molecule has 1 aromatic heterocycles. The minimum Gasteiger partial charge on any atom is -0.422 e.